The van der Waals surface area contributed by atoms with Crippen LogP contribution >= 0.6 is 0 Å². The summed E-state index contributed by atoms with van der Waals surface area (Å²) in [5, 5.41) is 83.4. The summed E-state index contributed by atoms with van der Waals surface area (Å²) in [7, 11) is 1.00. The number of allylic oxidation sites excluding steroid dienone is 4. The van der Waals surface area contributed by atoms with E-state index in [0.717, 1.165) is 17.9 Å². The van der Waals surface area contributed by atoms with E-state index in [4.69, 9.17) is 48.1 Å². The summed E-state index contributed by atoms with van der Waals surface area (Å²) in [6, 6.07) is 30.7. The molecule has 0 saturated carbocycles. The molecule has 0 saturated heterocycles. The van der Waals surface area contributed by atoms with Gasteiger partial charge in [0.15, 0.2) is 0 Å². The first-order valence-electron chi connectivity index (χ1n) is 13.2. The molecule has 3 N–H and O–H groups in total. The molecule has 0 amide bonds. The summed E-state index contributed by atoms with van der Waals surface area (Å²) in [5.41, 5.74) is 13.5. The zero-order valence-corrected chi connectivity index (χ0v) is 33.3. The van der Waals surface area contributed by atoms with Crippen LogP contribution in [-0.2, 0) is 39.0 Å². The van der Waals surface area contributed by atoms with E-state index in [9.17, 15) is 10.2 Å². The van der Waals surface area contributed by atoms with Crippen molar-refractivity contribution in [3.8, 4) is 47.9 Å². The Morgan fingerprint density at radius 2 is 0.880 bits per heavy atom. The van der Waals surface area contributed by atoms with Crippen molar-refractivity contribution in [3.63, 3.8) is 0 Å². The van der Waals surface area contributed by atoms with Crippen molar-refractivity contribution in [1.82, 2.24) is 0 Å². The van der Waals surface area contributed by atoms with Gasteiger partial charge in [-0.2, -0.15) is 31.6 Å². The number of aliphatic imine (C=N–C) groups is 2. The largest absolute Gasteiger partial charge is 2.00 e. The molecule has 238 valence electrons. The molecule has 0 fully saturated rings. The van der Waals surface area contributed by atoms with E-state index >= 15 is 0 Å². The van der Waals surface area contributed by atoms with Gasteiger partial charge in [-0.3, -0.25) is 0 Å². The maximum atomic E-state index is 11.9. The van der Waals surface area contributed by atoms with Gasteiger partial charge in [0.1, 0.15) is 23.5 Å². The molecular formula is C35H26N10O3Zn2. The number of nitrogens with zero attached hydrogens (tertiary/aromatic N) is 8. The topological polar surface area (TPSA) is 281 Å². The Kier molecular flexibility index (Phi) is 26.5. The van der Waals surface area contributed by atoms with Crippen LogP contribution in [0.1, 0.15) is 25.0 Å². The Balaban J connectivity index is -0.000000708. The summed E-state index contributed by atoms with van der Waals surface area (Å²) in [4.78, 5) is 7.56. The Hall–Kier alpha value is -6.43. The van der Waals surface area contributed by atoms with Crippen LogP contribution in [0.4, 0.5) is 0 Å². The third-order valence-corrected chi connectivity index (χ3v) is 5.42. The minimum absolute atomic E-state index is 0. The number of hydrogen-bond donors (Lipinski definition) is 1. The van der Waals surface area contributed by atoms with E-state index in [1.165, 1.54) is 50.5 Å². The third kappa shape index (κ3) is 15.0. The number of benzene rings is 4. The second-order valence-corrected chi connectivity index (χ2v) is 8.26. The molecule has 15 heteroatoms. The fourth-order valence-corrected chi connectivity index (χ4v) is 3.48. The van der Waals surface area contributed by atoms with Gasteiger partial charge in [0, 0.05) is 33.4 Å². The maximum Gasteiger partial charge on any atom is 2.00 e. The molecule has 50 heavy (non-hydrogen) atoms. The molecule has 0 spiro atoms. The van der Waals surface area contributed by atoms with Gasteiger partial charge in [-0.1, -0.05) is 84.3 Å². The molecule has 13 nitrogen and oxygen atoms in total. The predicted molar refractivity (Wildman–Crippen MR) is 178 cm³/mol. The molecular weight excluding hydrogens is 739 g/mol. The number of aliphatic hydroxyl groups excluding tert-OH is 1. The van der Waals surface area contributed by atoms with Crippen LogP contribution in [0.25, 0.3) is 33.0 Å². The first kappa shape index (κ1) is 48.0. The summed E-state index contributed by atoms with van der Waals surface area (Å²) in [6.45, 7) is 2.86. The Morgan fingerprint density at radius 3 is 1.16 bits per heavy atom. The van der Waals surface area contributed by atoms with Crippen LogP contribution < -0.4 is 10.2 Å². The summed E-state index contributed by atoms with van der Waals surface area (Å²) in [5.74, 6) is -0.457. The van der Waals surface area contributed by atoms with Gasteiger partial charge in [0.2, 0.25) is 0 Å². The molecule has 0 bridgehead atoms. The van der Waals surface area contributed by atoms with Crippen molar-refractivity contribution in [1.29, 1.82) is 31.6 Å². The second-order valence-electron chi connectivity index (χ2n) is 8.26. The van der Waals surface area contributed by atoms with Crippen molar-refractivity contribution in [2.24, 2.45) is 9.98 Å². The number of aliphatic hydroxyl groups is 1. The fourth-order valence-electron chi connectivity index (χ4n) is 3.48. The SMILES string of the molecule is CC#N.CC#N.CO.N#C/C([NH-])=C(\C#N)N=Cc1c([O-])ccc2ccccc12.N#C/C([NH-])=C(\C#N)N=Cc1c([O-])ccc2ccccc12.[Zn+2].[Zn+2]. The summed E-state index contributed by atoms with van der Waals surface area (Å²) >= 11 is 0. The molecule has 0 heterocycles. The number of rotatable bonds is 4. The molecule has 0 unspecified atom stereocenters. The molecule has 0 aromatic heterocycles. The Labute approximate surface area is 315 Å². The molecule has 0 radical (unpaired) electrons. The molecule has 4 aromatic carbocycles. The van der Waals surface area contributed by atoms with Crippen LogP contribution in [0, 0.1) is 68.0 Å². The van der Waals surface area contributed by atoms with Crippen molar-refractivity contribution >= 4 is 34.0 Å². The zero-order chi connectivity index (χ0) is 36.5. The van der Waals surface area contributed by atoms with Crippen LogP contribution in [0.2, 0.25) is 0 Å². The third-order valence-electron chi connectivity index (χ3n) is 5.42. The van der Waals surface area contributed by atoms with Gasteiger partial charge >= 0.3 is 39.0 Å². The predicted octanol–water partition coefficient (Wildman–Crippen LogP) is 5.95. The normalized spacial score (nSPS) is 9.96. The number of nitriles is 6. The summed E-state index contributed by atoms with van der Waals surface area (Å²) in [6.07, 6.45) is 2.46. The van der Waals surface area contributed by atoms with E-state index in [1.54, 1.807) is 60.7 Å². The molecule has 4 rings (SSSR count). The standard InChI is InChI=1S/2C15H9N4O.2C2H3N.CH4O.2Zn/c2*16-7-13(18)14(8-17)19-9-12-11-4-2-1-3-10(11)5-6-15(12)20;2*1-2-3;1-2;;/h2*1-6,9,18H,(H,19,20);2*1H3;2H,1H3;;/q2*-1;;;;2*+2/p-2/b2*14-13-;;;;;. The number of hydrogen-bond acceptors (Lipinski definition) is 11. The van der Waals surface area contributed by atoms with Crippen LogP contribution in [0.15, 0.2) is 106 Å². The van der Waals surface area contributed by atoms with E-state index in [1.807, 2.05) is 24.3 Å². The van der Waals surface area contributed by atoms with Crippen molar-refractivity contribution in [2.75, 3.05) is 7.11 Å². The minimum atomic E-state index is -0.531. The van der Waals surface area contributed by atoms with Gasteiger partial charge in [0.05, 0.1) is 24.3 Å². The molecule has 4 aromatic rings. The van der Waals surface area contributed by atoms with Gasteiger partial charge in [-0.25, -0.2) is 9.98 Å². The quantitative estimate of drug-likeness (QED) is 0.146. The number of nitrogens with one attached hydrogen (secondary N) is 2. The van der Waals surface area contributed by atoms with Crippen LogP contribution in [0.5, 0.6) is 11.5 Å². The van der Waals surface area contributed by atoms with Crippen molar-refractivity contribution < 1.29 is 54.3 Å². The average Bonchev–Trinajstić information content (AvgIpc) is 3.11. The van der Waals surface area contributed by atoms with Gasteiger partial charge in [0.25, 0.3) is 0 Å². The monoisotopic (exact) mass is 762 g/mol. The zero-order valence-electron chi connectivity index (χ0n) is 27.3. The molecule has 0 aliphatic carbocycles. The maximum absolute atomic E-state index is 11.9. The molecule has 0 atom stereocenters. The first-order valence-corrected chi connectivity index (χ1v) is 13.2. The fraction of sp³-hybridized carbons (Fsp3) is 0.0857. The average molecular weight is 765 g/mol. The minimum Gasteiger partial charge on any atom is -0.872 e. The first-order chi connectivity index (χ1) is 23.2. The van der Waals surface area contributed by atoms with E-state index in [0.29, 0.717) is 21.9 Å². The van der Waals surface area contributed by atoms with Crippen LogP contribution in [0.3, 0.4) is 0 Å². The smallest absolute Gasteiger partial charge is 0.872 e. The van der Waals surface area contributed by atoms with Crippen molar-refractivity contribution in [2.45, 2.75) is 13.8 Å². The molecule has 0 aliphatic heterocycles. The second kappa shape index (κ2) is 27.7. The van der Waals surface area contributed by atoms with Gasteiger partial charge in [-0.15, -0.1) is 0 Å². The van der Waals surface area contributed by atoms with Crippen LogP contribution in [-0.4, -0.2) is 24.6 Å². The van der Waals surface area contributed by atoms with Gasteiger partial charge < -0.3 is 26.8 Å². The van der Waals surface area contributed by atoms with E-state index < -0.39 is 11.4 Å². The van der Waals surface area contributed by atoms with E-state index in [-0.39, 0.29) is 61.8 Å². The number of fused-ring (bicyclic) bond motifs is 2. The Bertz CT molecular complexity index is 1950. The van der Waals surface area contributed by atoms with E-state index in [2.05, 4.69) is 9.98 Å². The van der Waals surface area contributed by atoms with Crippen molar-refractivity contribution in [3.05, 3.63) is 118 Å². The Morgan fingerprint density at radius 1 is 0.580 bits per heavy atom. The molecule has 0 aliphatic rings. The summed E-state index contributed by atoms with van der Waals surface area (Å²) < 4.78 is 0. The van der Waals surface area contributed by atoms with Gasteiger partial charge in [-0.05, 0) is 44.1 Å².